The Morgan fingerprint density at radius 1 is 0.580 bits per heavy atom. The van der Waals surface area contributed by atoms with Gasteiger partial charge in [-0.25, -0.2) is 27.5 Å². The lowest BCUT2D eigenvalue weighted by Crippen LogP contribution is -2.16. The summed E-state index contributed by atoms with van der Waals surface area (Å²) >= 11 is 0. The van der Waals surface area contributed by atoms with Gasteiger partial charge in [0.1, 0.15) is 18.2 Å². The minimum atomic E-state index is -5.89. The molecule has 4 rings (SSSR count). The third-order valence-corrected chi connectivity index (χ3v) is 6.82. The highest BCUT2D eigenvalue weighted by Gasteiger charge is 2.48. The zero-order chi connectivity index (χ0) is 37.8. The van der Waals surface area contributed by atoms with E-state index in [0.717, 1.165) is 12.1 Å². The molecule has 0 aliphatic heterocycles. The van der Waals surface area contributed by atoms with Gasteiger partial charge in [0.2, 0.25) is 5.95 Å². The summed E-state index contributed by atoms with van der Waals surface area (Å²) in [6.45, 7) is 0.546. The van der Waals surface area contributed by atoms with Crippen LogP contribution in [-0.2, 0) is 18.5 Å². The van der Waals surface area contributed by atoms with Crippen molar-refractivity contribution in [2.24, 2.45) is 0 Å². The van der Waals surface area contributed by atoms with E-state index in [0.29, 0.717) is 19.1 Å². The molecule has 0 bridgehead atoms. The summed E-state index contributed by atoms with van der Waals surface area (Å²) in [6, 6.07) is 5.80. The number of alkyl halides is 9. The lowest BCUT2D eigenvalue weighted by atomic mass is 9.96. The Hall–Kier alpha value is -6.28. The van der Waals surface area contributed by atoms with E-state index in [1.807, 2.05) is 0 Å². The molecule has 0 saturated heterocycles. The summed E-state index contributed by atoms with van der Waals surface area (Å²) < 4.78 is 198. The van der Waals surface area contributed by atoms with Gasteiger partial charge < -0.3 is 0 Å². The van der Waals surface area contributed by atoms with Crippen LogP contribution in [0.25, 0.3) is 16.7 Å². The van der Waals surface area contributed by atoms with Gasteiger partial charge in [0.15, 0.2) is 34.7 Å². The largest absolute Gasteiger partial charge is 0.436 e. The summed E-state index contributed by atoms with van der Waals surface area (Å²) in [7, 11) is 0. The number of nitrogens with zero attached hydrogens (tertiary/aromatic N) is 6. The number of allylic oxidation sites excluding steroid dienone is 6. The standard InChI is InChI=1S/C30H6F14N6/c1-9-21(31)19(22(32)25(49-9)29(39,40)41)13(7-47)17-16(12(6-46)11-3-2-10(5-45)4-15(11)28(36,37)38)18(17)14(8-48)20-23(33)26(30(42,43)44)50-27(35)24(20)34/h2-4H,1H3. The van der Waals surface area contributed by atoms with Gasteiger partial charge in [-0.2, -0.15) is 65.0 Å². The van der Waals surface area contributed by atoms with Crippen molar-refractivity contribution < 1.29 is 61.5 Å². The molecule has 20 heteroatoms. The fourth-order valence-corrected chi connectivity index (χ4v) is 4.72. The molecule has 0 radical (unpaired) electrons. The van der Waals surface area contributed by atoms with Crippen LogP contribution in [0, 0.1) is 81.5 Å². The lowest BCUT2D eigenvalue weighted by Gasteiger charge is -2.13. The number of halogens is 14. The van der Waals surface area contributed by atoms with Gasteiger partial charge in [0, 0.05) is 22.3 Å². The third kappa shape index (κ3) is 6.07. The van der Waals surface area contributed by atoms with E-state index in [9.17, 15) is 64.1 Å². The molecule has 2 heterocycles. The monoisotopic (exact) mass is 716 g/mol. The molecule has 1 aliphatic carbocycles. The van der Waals surface area contributed by atoms with E-state index >= 15 is 13.2 Å². The van der Waals surface area contributed by atoms with Gasteiger partial charge >= 0.3 is 18.5 Å². The molecular formula is C30H6F14N6. The van der Waals surface area contributed by atoms with E-state index < -0.39 is 126 Å². The maximum absolute atomic E-state index is 15.3. The number of hydrogen-bond acceptors (Lipinski definition) is 6. The first-order chi connectivity index (χ1) is 23.1. The van der Waals surface area contributed by atoms with Crippen LogP contribution < -0.4 is 0 Å². The summed E-state index contributed by atoms with van der Waals surface area (Å²) in [5.41, 5.74) is -23.2. The second-order valence-corrected chi connectivity index (χ2v) is 9.75. The van der Waals surface area contributed by atoms with Gasteiger partial charge in [-0.3, -0.25) is 0 Å². The van der Waals surface area contributed by atoms with Crippen LogP contribution in [0.15, 0.2) is 34.9 Å². The highest BCUT2D eigenvalue weighted by atomic mass is 19.4. The summed E-state index contributed by atoms with van der Waals surface area (Å²) in [5.74, 6) is -12.8. The lowest BCUT2D eigenvalue weighted by molar-refractivity contribution is -0.145. The highest BCUT2D eigenvalue weighted by Crippen LogP contribution is 2.57. The van der Waals surface area contributed by atoms with Crippen molar-refractivity contribution in [2.75, 3.05) is 0 Å². The molecule has 50 heavy (non-hydrogen) atoms. The quantitative estimate of drug-likeness (QED) is 0.152. The number of aryl methyl sites for hydroxylation is 1. The van der Waals surface area contributed by atoms with Crippen LogP contribution in [0.4, 0.5) is 61.5 Å². The van der Waals surface area contributed by atoms with Crippen molar-refractivity contribution in [1.82, 2.24) is 9.97 Å². The molecule has 1 fully saturated rings. The third-order valence-electron chi connectivity index (χ3n) is 6.82. The van der Waals surface area contributed by atoms with Crippen LogP contribution in [0.3, 0.4) is 0 Å². The number of pyridine rings is 2. The van der Waals surface area contributed by atoms with Crippen molar-refractivity contribution >= 4 is 16.7 Å². The van der Waals surface area contributed by atoms with E-state index in [4.69, 9.17) is 5.26 Å². The van der Waals surface area contributed by atoms with E-state index in [1.165, 1.54) is 12.1 Å². The van der Waals surface area contributed by atoms with Crippen LogP contribution in [0.1, 0.15) is 44.9 Å². The zero-order valence-electron chi connectivity index (χ0n) is 23.7. The summed E-state index contributed by atoms with van der Waals surface area (Å²) in [6.07, 6.45) is -17.0. The molecule has 0 unspecified atom stereocenters. The smallest absolute Gasteiger partial charge is 0.243 e. The van der Waals surface area contributed by atoms with Gasteiger partial charge in [0.25, 0.3) is 0 Å². The van der Waals surface area contributed by atoms with Crippen molar-refractivity contribution in [2.45, 2.75) is 25.5 Å². The second kappa shape index (κ2) is 12.3. The molecule has 0 atom stereocenters. The Labute approximate surface area is 268 Å². The Bertz CT molecular complexity index is 2170. The number of benzene rings is 1. The fourth-order valence-electron chi connectivity index (χ4n) is 4.72. The molecule has 1 aliphatic rings. The van der Waals surface area contributed by atoms with Crippen molar-refractivity contribution in [1.29, 1.82) is 21.0 Å². The zero-order valence-corrected chi connectivity index (χ0v) is 23.7. The number of rotatable bonds is 3. The minimum absolute atomic E-state index is 0.174. The number of aromatic nitrogens is 2. The van der Waals surface area contributed by atoms with Gasteiger partial charge in [-0.05, 0) is 19.1 Å². The Morgan fingerprint density at radius 2 is 1.02 bits per heavy atom. The van der Waals surface area contributed by atoms with Gasteiger partial charge in [-0.15, -0.1) is 0 Å². The first-order valence-electron chi connectivity index (χ1n) is 12.7. The van der Waals surface area contributed by atoms with Crippen LogP contribution in [0.5, 0.6) is 0 Å². The first kappa shape index (κ1) is 36.6. The average molecular weight is 716 g/mol. The van der Waals surface area contributed by atoms with E-state index in [-0.39, 0.29) is 6.07 Å². The maximum atomic E-state index is 15.3. The average Bonchev–Trinajstić information content (AvgIpc) is 3.73. The Balaban J connectivity index is 2.36. The van der Waals surface area contributed by atoms with E-state index in [1.54, 1.807) is 0 Å². The molecular weight excluding hydrogens is 710 g/mol. The van der Waals surface area contributed by atoms with Crippen LogP contribution in [-0.4, -0.2) is 9.97 Å². The normalized spacial score (nSPS) is 16.1. The van der Waals surface area contributed by atoms with Crippen LogP contribution >= 0.6 is 0 Å². The SMILES string of the molecule is Cc1nc(C(F)(F)F)c(F)c(C(C#N)=C2C(=C(C#N)c3ccc(C#N)cc3C(F)(F)F)C2=C(C#N)c2c(F)c(F)nc(C(F)(F)F)c2F)c1F. The van der Waals surface area contributed by atoms with Gasteiger partial charge in [0.05, 0.1) is 50.7 Å². The molecule has 0 amide bonds. The van der Waals surface area contributed by atoms with Crippen molar-refractivity contribution in [3.63, 3.8) is 0 Å². The second-order valence-electron chi connectivity index (χ2n) is 9.75. The van der Waals surface area contributed by atoms with E-state index in [2.05, 4.69) is 9.97 Å². The van der Waals surface area contributed by atoms with Crippen LogP contribution in [0.2, 0.25) is 0 Å². The van der Waals surface area contributed by atoms with Crippen molar-refractivity contribution in [3.05, 3.63) is 109 Å². The molecule has 1 saturated carbocycles. The predicted octanol–water partition coefficient (Wildman–Crippen LogP) is 8.65. The predicted molar refractivity (Wildman–Crippen MR) is 137 cm³/mol. The minimum Gasteiger partial charge on any atom is -0.243 e. The molecule has 0 spiro atoms. The maximum Gasteiger partial charge on any atom is 0.436 e. The number of nitriles is 4. The fraction of sp³-hybridized carbons (Fsp3) is 0.133. The molecule has 254 valence electrons. The van der Waals surface area contributed by atoms with Crippen molar-refractivity contribution in [3.8, 4) is 24.3 Å². The summed E-state index contributed by atoms with van der Waals surface area (Å²) in [5, 5.41) is 38.8. The van der Waals surface area contributed by atoms with Gasteiger partial charge in [-0.1, -0.05) is 6.07 Å². The molecule has 2 aromatic heterocycles. The Kier molecular flexibility index (Phi) is 9.00. The first-order valence-corrected chi connectivity index (χ1v) is 12.7. The summed E-state index contributed by atoms with van der Waals surface area (Å²) in [4.78, 5) is 4.81. The molecule has 0 N–H and O–H groups in total. The molecule has 3 aromatic rings. The number of hydrogen-bond donors (Lipinski definition) is 0. The molecule has 1 aromatic carbocycles. The highest BCUT2D eigenvalue weighted by molar-refractivity contribution is 6.12. The topological polar surface area (TPSA) is 121 Å². The Morgan fingerprint density at radius 3 is 1.44 bits per heavy atom. The molecule has 6 nitrogen and oxygen atoms in total.